The van der Waals surface area contributed by atoms with Crippen molar-refractivity contribution in [2.45, 2.75) is 19.8 Å². The first-order valence-electron chi connectivity index (χ1n) is 7.50. The van der Waals surface area contributed by atoms with Crippen LogP contribution in [0.25, 0.3) is 10.9 Å². The number of likely N-dealkylation sites (N-methyl/N-ethyl adjacent to an activating group) is 1. The Morgan fingerprint density at radius 2 is 2.14 bits per heavy atom. The molecule has 110 valence electrons. The number of pyridine rings is 1. The second kappa shape index (κ2) is 5.72. The summed E-state index contributed by atoms with van der Waals surface area (Å²) < 4.78 is 0. The number of likely N-dealkylation sites (tertiary alicyclic amines) is 1. The highest BCUT2D eigenvalue weighted by Crippen LogP contribution is 2.25. The molecule has 1 aliphatic rings. The number of benzene rings is 1. The predicted molar refractivity (Wildman–Crippen MR) is 85.6 cm³/mol. The van der Waals surface area contributed by atoms with Gasteiger partial charge in [0.1, 0.15) is 0 Å². The molecule has 4 nitrogen and oxygen atoms in total. The van der Waals surface area contributed by atoms with E-state index in [-0.39, 0.29) is 0 Å². The Morgan fingerprint density at radius 1 is 1.33 bits per heavy atom. The Bertz CT molecular complexity index is 668. The van der Waals surface area contributed by atoms with Gasteiger partial charge in [0.15, 0.2) is 0 Å². The van der Waals surface area contributed by atoms with Gasteiger partial charge in [-0.2, -0.15) is 0 Å². The Labute approximate surface area is 125 Å². The first-order valence-corrected chi connectivity index (χ1v) is 7.50. The van der Waals surface area contributed by atoms with Gasteiger partial charge in [-0.3, -0.25) is 9.78 Å². The fraction of sp³-hybridized carbons (Fsp3) is 0.412. The van der Waals surface area contributed by atoms with Crippen molar-refractivity contribution in [3.63, 3.8) is 0 Å². The lowest BCUT2D eigenvalue weighted by molar-refractivity contribution is -0.127. The van der Waals surface area contributed by atoms with Gasteiger partial charge in [0.2, 0.25) is 5.91 Å². The minimum atomic E-state index is 0.291. The number of carbonyl (C=O) groups excluding carboxylic acids is 1. The molecule has 0 unspecified atom stereocenters. The number of fused-ring (bicyclic) bond motifs is 1. The second-order valence-corrected chi connectivity index (χ2v) is 5.71. The van der Waals surface area contributed by atoms with Gasteiger partial charge >= 0.3 is 0 Å². The van der Waals surface area contributed by atoms with E-state index in [9.17, 15) is 4.79 Å². The third-order valence-corrected chi connectivity index (χ3v) is 4.11. The van der Waals surface area contributed by atoms with Gasteiger partial charge < -0.3 is 9.80 Å². The lowest BCUT2D eigenvalue weighted by Crippen LogP contribution is -2.34. The van der Waals surface area contributed by atoms with Crippen molar-refractivity contribution in [3.8, 4) is 0 Å². The molecule has 0 aliphatic carbocycles. The monoisotopic (exact) mass is 283 g/mol. The summed E-state index contributed by atoms with van der Waals surface area (Å²) in [6, 6.07) is 10.3. The van der Waals surface area contributed by atoms with Crippen molar-refractivity contribution < 1.29 is 4.79 Å². The number of hydrogen-bond acceptors (Lipinski definition) is 3. The van der Waals surface area contributed by atoms with Crippen LogP contribution >= 0.6 is 0 Å². The zero-order chi connectivity index (χ0) is 14.8. The van der Waals surface area contributed by atoms with Crippen LogP contribution in [-0.2, 0) is 4.79 Å². The summed E-state index contributed by atoms with van der Waals surface area (Å²) in [5, 5.41) is 1.17. The highest BCUT2D eigenvalue weighted by atomic mass is 16.2. The van der Waals surface area contributed by atoms with Gasteiger partial charge in [-0.05, 0) is 25.5 Å². The van der Waals surface area contributed by atoms with Crippen molar-refractivity contribution in [2.24, 2.45) is 0 Å². The number of aromatic nitrogens is 1. The number of para-hydroxylation sites is 1. The van der Waals surface area contributed by atoms with E-state index in [1.807, 2.05) is 30.0 Å². The van der Waals surface area contributed by atoms with Crippen LogP contribution in [-0.4, -0.2) is 42.5 Å². The van der Waals surface area contributed by atoms with E-state index in [1.54, 1.807) is 0 Å². The SMILES string of the molecule is Cc1cc(N(C)CCN2CCCC2=O)c2ccccc2n1. The van der Waals surface area contributed by atoms with Crippen LogP contribution in [0.3, 0.4) is 0 Å². The molecule has 1 saturated heterocycles. The first kappa shape index (κ1) is 13.9. The largest absolute Gasteiger partial charge is 0.372 e. The molecule has 0 spiro atoms. The van der Waals surface area contributed by atoms with E-state index < -0.39 is 0 Å². The normalized spacial score (nSPS) is 15.0. The molecule has 3 rings (SSSR count). The average molecular weight is 283 g/mol. The summed E-state index contributed by atoms with van der Waals surface area (Å²) in [6.45, 7) is 4.57. The van der Waals surface area contributed by atoms with Crippen LogP contribution in [0.1, 0.15) is 18.5 Å². The van der Waals surface area contributed by atoms with Crippen molar-refractivity contribution in [1.29, 1.82) is 0 Å². The summed E-state index contributed by atoms with van der Waals surface area (Å²) in [5.74, 6) is 0.291. The lowest BCUT2D eigenvalue weighted by Gasteiger charge is -2.24. The number of rotatable bonds is 4. The number of anilines is 1. The van der Waals surface area contributed by atoms with E-state index in [1.165, 1.54) is 11.1 Å². The number of amides is 1. The maximum Gasteiger partial charge on any atom is 0.222 e. The second-order valence-electron chi connectivity index (χ2n) is 5.71. The molecule has 2 aromatic rings. The van der Waals surface area contributed by atoms with E-state index in [2.05, 4.69) is 29.1 Å². The number of nitrogens with zero attached hydrogens (tertiary/aromatic N) is 3. The van der Waals surface area contributed by atoms with E-state index >= 15 is 0 Å². The minimum Gasteiger partial charge on any atom is -0.372 e. The maximum atomic E-state index is 11.7. The molecule has 4 heteroatoms. The molecule has 0 radical (unpaired) electrons. The Kier molecular flexibility index (Phi) is 3.78. The highest BCUT2D eigenvalue weighted by molar-refractivity contribution is 5.91. The molecule has 1 fully saturated rings. The van der Waals surface area contributed by atoms with Crippen LogP contribution in [0, 0.1) is 6.92 Å². The number of hydrogen-bond donors (Lipinski definition) is 0. The van der Waals surface area contributed by atoms with Crippen molar-refractivity contribution in [3.05, 3.63) is 36.0 Å². The third-order valence-electron chi connectivity index (χ3n) is 4.11. The highest BCUT2D eigenvalue weighted by Gasteiger charge is 2.20. The molecule has 1 amide bonds. The molecular formula is C17H21N3O. The smallest absolute Gasteiger partial charge is 0.222 e. The molecule has 0 N–H and O–H groups in total. The Morgan fingerprint density at radius 3 is 2.90 bits per heavy atom. The summed E-state index contributed by atoms with van der Waals surface area (Å²) in [7, 11) is 2.09. The predicted octanol–water partition coefficient (Wildman–Crippen LogP) is 2.60. The first-order chi connectivity index (χ1) is 10.1. The number of carbonyl (C=O) groups is 1. The van der Waals surface area contributed by atoms with Crippen molar-refractivity contribution in [1.82, 2.24) is 9.88 Å². The molecule has 1 aromatic carbocycles. The minimum absolute atomic E-state index is 0.291. The van der Waals surface area contributed by atoms with Gasteiger partial charge in [0.25, 0.3) is 0 Å². The van der Waals surface area contributed by atoms with Gasteiger partial charge in [-0.15, -0.1) is 0 Å². The van der Waals surface area contributed by atoms with Crippen LogP contribution in [0.4, 0.5) is 5.69 Å². The molecule has 1 aliphatic heterocycles. The molecule has 0 saturated carbocycles. The lowest BCUT2D eigenvalue weighted by atomic mass is 10.1. The molecular weight excluding hydrogens is 262 g/mol. The summed E-state index contributed by atoms with van der Waals surface area (Å²) in [6.07, 6.45) is 1.71. The van der Waals surface area contributed by atoms with Gasteiger partial charge in [-0.1, -0.05) is 18.2 Å². The van der Waals surface area contributed by atoms with Crippen molar-refractivity contribution >= 4 is 22.5 Å². The fourth-order valence-corrected chi connectivity index (χ4v) is 2.93. The Balaban J connectivity index is 1.80. The third kappa shape index (κ3) is 2.84. The summed E-state index contributed by atoms with van der Waals surface area (Å²) in [5.41, 5.74) is 3.23. The molecule has 21 heavy (non-hydrogen) atoms. The van der Waals surface area contributed by atoms with E-state index in [0.717, 1.165) is 37.3 Å². The summed E-state index contributed by atoms with van der Waals surface area (Å²) >= 11 is 0. The average Bonchev–Trinajstić information content (AvgIpc) is 2.89. The zero-order valence-corrected chi connectivity index (χ0v) is 12.7. The van der Waals surface area contributed by atoms with Crippen LogP contribution in [0.2, 0.25) is 0 Å². The van der Waals surface area contributed by atoms with Gasteiger partial charge in [0.05, 0.1) is 5.52 Å². The Hall–Kier alpha value is -2.10. The maximum absolute atomic E-state index is 11.7. The van der Waals surface area contributed by atoms with E-state index in [0.29, 0.717) is 12.3 Å². The van der Waals surface area contributed by atoms with Gasteiger partial charge in [0, 0.05) is 49.9 Å². The molecule has 0 bridgehead atoms. The number of aryl methyl sites for hydroxylation is 1. The molecule has 0 atom stereocenters. The quantitative estimate of drug-likeness (QED) is 0.865. The van der Waals surface area contributed by atoms with Crippen LogP contribution in [0.15, 0.2) is 30.3 Å². The van der Waals surface area contributed by atoms with Gasteiger partial charge in [-0.25, -0.2) is 0 Å². The van der Waals surface area contributed by atoms with Crippen molar-refractivity contribution in [2.75, 3.05) is 31.6 Å². The van der Waals surface area contributed by atoms with Crippen LogP contribution in [0.5, 0.6) is 0 Å². The molecule has 1 aromatic heterocycles. The summed E-state index contributed by atoms with van der Waals surface area (Å²) in [4.78, 5) is 20.5. The van der Waals surface area contributed by atoms with E-state index in [4.69, 9.17) is 0 Å². The molecule has 2 heterocycles. The standard InChI is InChI=1S/C17H21N3O/c1-13-12-16(14-6-3-4-7-15(14)18-13)19(2)10-11-20-9-5-8-17(20)21/h3-4,6-7,12H,5,8-11H2,1-2H3. The topological polar surface area (TPSA) is 36.4 Å². The van der Waals surface area contributed by atoms with Crippen LogP contribution < -0.4 is 4.90 Å². The zero-order valence-electron chi connectivity index (χ0n) is 12.7. The fourth-order valence-electron chi connectivity index (χ4n) is 2.93.